The van der Waals surface area contributed by atoms with Crippen molar-refractivity contribution in [2.24, 2.45) is 0 Å². The number of ether oxygens (including phenoxy) is 1. The summed E-state index contributed by atoms with van der Waals surface area (Å²) in [6.45, 7) is 6.42. The van der Waals surface area contributed by atoms with Crippen LogP contribution in [0.2, 0.25) is 0 Å². The molecule has 9 nitrogen and oxygen atoms in total. The van der Waals surface area contributed by atoms with Gasteiger partial charge in [0.1, 0.15) is 11.6 Å². The second-order valence-electron chi connectivity index (χ2n) is 9.01. The van der Waals surface area contributed by atoms with E-state index in [0.29, 0.717) is 5.69 Å². The fraction of sp³-hybridized carbons (Fsp3) is 0.346. The third-order valence-corrected chi connectivity index (χ3v) is 5.39. The summed E-state index contributed by atoms with van der Waals surface area (Å²) in [5.74, 6) is -3.82. The van der Waals surface area contributed by atoms with Crippen LogP contribution in [0.15, 0.2) is 54.6 Å². The van der Waals surface area contributed by atoms with E-state index in [9.17, 15) is 24.0 Å². The van der Waals surface area contributed by atoms with Crippen LogP contribution in [0, 0.1) is 0 Å². The standard InChI is InChI=1S/C26H30BrN3O6/c1-16(23(33)30-20(21(31)15-27)14-22(32)36-26(2,3)4)28-24(34)25(35)29-19-13-9-8-12-18(19)17-10-6-5-7-11-17/h5-13,16,20H,14-15H2,1-4H3,(H,28,34)(H,29,35)(H,30,33)/t16-,20-/m0/s1. The van der Waals surface area contributed by atoms with Crippen molar-refractivity contribution in [2.45, 2.75) is 51.8 Å². The molecule has 2 aromatic rings. The molecule has 0 radical (unpaired) electrons. The van der Waals surface area contributed by atoms with Gasteiger partial charge >= 0.3 is 17.8 Å². The van der Waals surface area contributed by atoms with E-state index in [2.05, 4.69) is 31.9 Å². The van der Waals surface area contributed by atoms with Crippen LogP contribution in [0.1, 0.15) is 34.1 Å². The molecule has 0 aliphatic rings. The number of hydrogen-bond acceptors (Lipinski definition) is 6. The van der Waals surface area contributed by atoms with E-state index in [1.807, 2.05) is 42.5 Å². The highest BCUT2D eigenvalue weighted by Crippen LogP contribution is 2.27. The molecule has 0 saturated heterocycles. The molecule has 0 aromatic heterocycles. The number of ketones is 1. The number of carbonyl (C=O) groups is 5. The number of nitrogens with one attached hydrogen (secondary N) is 3. The third kappa shape index (κ3) is 8.92. The molecule has 3 N–H and O–H groups in total. The van der Waals surface area contributed by atoms with Crippen LogP contribution in [0.4, 0.5) is 5.69 Å². The average molecular weight is 560 g/mol. The van der Waals surface area contributed by atoms with Crippen molar-refractivity contribution in [1.82, 2.24) is 10.6 Å². The molecule has 10 heteroatoms. The van der Waals surface area contributed by atoms with Crippen LogP contribution in [-0.4, -0.2) is 52.5 Å². The van der Waals surface area contributed by atoms with Gasteiger partial charge in [-0.3, -0.25) is 24.0 Å². The maximum absolute atomic E-state index is 12.6. The first-order valence-electron chi connectivity index (χ1n) is 11.3. The van der Waals surface area contributed by atoms with Gasteiger partial charge in [0, 0.05) is 11.3 Å². The average Bonchev–Trinajstić information content (AvgIpc) is 2.82. The van der Waals surface area contributed by atoms with Crippen molar-refractivity contribution in [3.63, 3.8) is 0 Å². The maximum atomic E-state index is 12.6. The Morgan fingerprint density at radius 1 is 0.889 bits per heavy atom. The van der Waals surface area contributed by atoms with Crippen molar-refractivity contribution < 1.29 is 28.7 Å². The highest BCUT2D eigenvalue weighted by Gasteiger charge is 2.29. The molecule has 0 spiro atoms. The van der Waals surface area contributed by atoms with E-state index in [0.717, 1.165) is 11.1 Å². The summed E-state index contributed by atoms with van der Waals surface area (Å²) in [5.41, 5.74) is 1.26. The molecular formula is C26H30BrN3O6. The van der Waals surface area contributed by atoms with Gasteiger partial charge in [-0.1, -0.05) is 64.5 Å². The van der Waals surface area contributed by atoms with Gasteiger partial charge in [-0.2, -0.15) is 0 Å². The number of amides is 3. The molecule has 36 heavy (non-hydrogen) atoms. The normalized spacial score (nSPS) is 12.6. The lowest BCUT2D eigenvalue weighted by molar-refractivity contribution is -0.156. The second kappa shape index (κ2) is 13.0. The fourth-order valence-electron chi connectivity index (χ4n) is 3.15. The highest BCUT2D eigenvalue weighted by atomic mass is 79.9. The number of alkyl halides is 1. The Morgan fingerprint density at radius 2 is 1.50 bits per heavy atom. The zero-order valence-electron chi connectivity index (χ0n) is 20.6. The highest BCUT2D eigenvalue weighted by molar-refractivity contribution is 9.09. The summed E-state index contributed by atoms with van der Waals surface area (Å²) in [7, 11) is 0. The van der Waals surface area contributed by atoms with Crippen LogP contribution in [-0.2, 0) is 28.7 Å². The van der Waals surface area contributed by atoms with E-state index in [4.69, 9.17) is 4.74 Å². The molecule has 192 valence electrons. The Kier molecular flexibility index (Phi) is 10.3. The third-order valence-electron chi connectivity index (χ3n) is 4.83. The summed E-state index contributed by atoms with van der Waals surface area (Å²) in [6, 6.07) is 14.0. The lowest BCUT2D eigenvalue weighted by Gasteiger charge is -2.23. The Hall–Kier alpha value is -3.53. The van der Waals surface area contributed by atoms with Crippen LogP contribution >= 0.6 is 15.9 Å². The second-order valence-corrected chi connectivity index (χ2v) is 9.57. The van der Waals surface area contributed by atoms with Crippen molar-refractivity contribution in [2.75, 3.05) is 10.6 Å². The lowest BCUT2D eigenvalue weighted by Crippen LogP contribution is -2.53. The number of anilines is 1. The van der Waals surface area contributed by atoms with Crippen LogP contribution in [0.25, 0.3) is 11.1 Å². The Balaban J connectivity index is 2.01. The van der Waals surface area contributed by atoms with Gasteiger partial charge in [0.05, 0.1) is 17.8 Å². The first kappa shape index (κ1) is 28.7. The first-order chi connectivity index (χ1) is 16.9. The minimum Gasteiger partial charge on any atom is -0.460 e. The van der Waals surface area contributed by atoms with Gasteiger partial charge in [0.25, 0.3) is 0 Å². The first-order valence-corrected chi connectivity index (χ1v) is 12.4. The molecule has 2 rings (SSSR count). The zero-order valence-corrected chi connectivity index (χ0v) is 22.2. The molecule has 0 aliphatic carbocycles. The number of rotatable bonds is 9. The van der Waals surface area contributed by atoms with Crippen molar-refractivity contribution >= 4 is 51.1 Å². The van der Waals surface area contributed by atoms with Gasteiger partial charge in [-0.05, 0) is 39.3 Å². The number of Topliss-reactive ketones (excluding diaryl/α,β-unsaturated/α-hetero) is 1. The number of para-hydroxylation sites is 1. The largest absolute Gasteiger partial charge is 0.460 e. The van der Waals surface area contributed by atoms with Crippen LogP contribution in [0.3, 0.4) is 0 Å². The number of esters is 1. The van der Waals surface area contributed by atoms with Crippen LogP contribution < -0.4 is 16.0 Å². The summed E-state index contributed by atoms with van der Waals surface area (Å²) in [6.07, 6.45) is -0.370. The van der Waals surface area contributed by atoms with Gasteiger partial charge < -0.3 is 20.7 Å². The Bertz CT molecular complexity index is 1110. The molecule has 0 heterocycles. The summed E-state index contributed by atoms with van der Waals surface area (Å²) < 4.78 is 5.22. The fourth-order valence-corrected chi connectivity index (χ4v) is 3.54. The Labute approximate surface area is 218 Å². The molecular weight excluding hydrogens is 530 g/mol. The predicted molar refractivity (Wildman–Crippen MR) is 139 cm³/mol. The maximum Gasteiger partial charge on any atom is 0.313 e. The predicted octanol–water partition coefficient (Wildman–Crippen LogP) is 2.98. The van der Waals surface area contributed by atoms with Gasteiger partial charge in [0.2, 0.25) is 5.91 Å². The van der Waals surface area contributed by atoms with Crippen molar-refractivity contribution in [3.05, 3.63) is 54.6 Å². The smallest absolute Gasteiger partial charge is 0.313 e. The molecule has 2 aromatic carbocycles. The minimum atomic E-state index is -1.16. The number of carbonyl (C=O) groups excluding carboxylic acids is 5. The topological polar surface area (TPSA) is 131 Å². The molecule has 0 saturated carbocycles. The minimum absolute atomic E-state index is 0.0925. The van der Waals surface area contributed by atoms with E-state index in [1.54, 1.807) is 32.9 Å². The molecule has 0 fully saturated rings. The number of hydrogen-bond donors (Lipinski definition) is 3. The molecule has 0 unspecified atom stereocenters. The zero-order chi connectivity index (χ0) is 26.9. The number of halogens is 1. The van der Waals surface area contributed by atoms with E-state index in [-0.39, 0.29) is 11.8 Å². The van der Waals surface area contributed by atoms with E-state index in [1.165, 1.54) is 6.92 Å². The molecule has 0 bridgehead atoms. The molecule has 0 aliphatic heterocycles. The summed E-state index contributed by atoms with van der Waals surface area (Å²) >= 11 is 3.03. The lowest BCUT2D eigenvalue weighted by atomic mass is 10.0. The van der Waals surface area contributed by atoms with Gasteiger partial charge in [-0.15, -0.1) is 0 Å². The summed E-state index contributed by atoms with van der Waals surface area (Å²) in [4.78, 5) is 62.0. The van der Waals surface area contributed by atoms with Crippen molar-refractivity contribution in [1.29, 1.82) is 0 Å². The molecule has 2 atom stereocenters. The molecule has 3 amide bonds. The quantitative estimate of drug-likeness (QED) is 0.246. The van der Waals surface area contributed by atoms with E-state index >= 15 is 0 Å². The van der Waals surface area contributed by atoms with Gasteiger partial charge in [-0.25, -0.2) is 0 Å². The summed E-state index contributed by atoms with van der Waals surface area (Å²) in [5, 5.41) is 7.23. The Morgan fingerprint density at radius 3 is 2.11 bits per heavy atom. The number of benzene rings is 2. The van der Waals surface area contributed by atoms with Crippen LogP contribution in [0.5, 0.6) is 0 Å². The van der Waals surface area contributed by atoms with Crippen molar-refractivity contribution in [3.8, 4) is 11.1 Å². The van der Waals surface area contributed by atoms with Gasteiger partial charge in [0.15, 0.2) is 5.78 Å². The SMILES string of the molecule is C[C@H](NC(=O)C(=O)Nc1ccccc1-c1ccccc1)C(=O)N[C@@H](CC(=O)OC(C)(C)C)C(=O)CBr. The van der Waals surface area contributed by atoms with E-state index < -0.39 is 47.2 Å². The monoisotopic (exact) mass is 559 g/mol.